The lowest BCUT2D eigenvalue weighted by atomic mass is 10.0. The van der Waals surface area contributed by atoms with Crippen LogP contribution in [0.15, 0.2) is 18.2 Å². The lowest BCUT2D eigenvalue weighted by Crippen LogP contribution is -2.45. The van der Waals surface area contributed by atoms with Crippen molar-refractivity contribution in [2.24, 2.45) is 5.73 Å². The van der Waals surface area contributed by atoms with E-state index in [2.05, 4.69) is 0 Å². The lowest BCUT2D eigenvalue weighted by Gasteiger charge is -2.31. The third kappa shape index (κ3) is 3.61. The van der Waals surface area contributed by atoms with Crippen LogP contribution in [-0.4, -0.2) is 36.5 Å². The Hall–Kier alpha value is -1.33. The zero-order valence-corrected chi connectivity index (χ0v) is 12.3. The molecule has 1 amide bonds. The van der Waals surface area contributed by atoms with Crippen LogP contribution in [0.4, 0.5) is 4.39 Å². The number of amides is 1. The summed E-state index contributed by atoms with van der Waals surface area (Å²) in [5.41, 5.74) is 6.14. The molecule has 0 aliphatic carbocycles. The molecule has 1 fully saturated rings. The molecule has 4 nitrogen and oxygen atoms in total. The highest BCUT2D eigenvalue weighted by molar-refractivity contribution is 5.97. The number of benzene rings is 1. The largest absolute Gasteiger partial charge is 0.490 e. The first-order valence-corrected chi connectivity index (χ1v) is 6.59. The van der Waals surface area contributed by atoms with Crippen molar-refractivity contribution in [2.75, 3.05) is 19.7 Å². The molecular formula is C14H20ClFN2O2. The Morgan fingerprint density at radius 1 is 1.55 bits per heavy atom. The first-order chi connectivity index (χ1) is 9.13. The average Bonchev–Trinajstić information content (AvgIpc) is 2.40. The lowest BCUT2D eigenvalue weighted by molar-refractivity contribution is 0.0703. The van der Waals surface area contributed by atoms with Gasteiger partial charge in [-0.15, -0.1) is 12.4 Å². The van der Waals surface area contributed by atoms with Crippen LogP contribution in [0.5, 0.6) is 5.75 Å². The summed E-state index contributed by atoms with van der Waals surface area (Å²) in [6.07, 6.45) is 1.80. The molecule has 1 aromatic carbocycles. The van der Waals surface area contributed by atoms with Crippen molar-refractivity contribution in [1.29, 1.82) is 0 Å². The van der Waals surface area contributed by atoms with Gasteiger partial charge in [-0.05, 0) is 31.9 Å². The molecule has 1 aromatic rings. The van der Waals surface area contributed by atoms with E-state index in [0.29, 0.717) is 19.7 Å². The Kier molecular flexibility index (Phi) is 6.23. The molecule has 1 saturated heterocycles. The van der Waals surface area contributed by atoms with Gasteiger partial charge < -0.3 is 15.4 Å². The van der Waals surface area contributed by atoms with E-state index in [9.17, 15) is 9.18 Å². The Morgan fingerprint density at radius 2 is 2.30 bits per heavy atom. The van der Waals surface area contributed by atoms with Gasteiger partial charge in [-0.1, -0.05) is 6.07 Å². The summed E-state index contributed by atoms with van der Waals surface area (Å²) in [5, 5.41) is 0. The minimum atomic E-state index is -0.506. The van der Waals surface area contributed by atoms with Gasteiger partial charge in [0, 0.05) is 19.1 Å². The fourth-order valence-electron chi connectivity index (χ4n) is 2.33. The van der Waals surface area contributed by atoms with Gasteiger partial charge in [0.2, 0.25) is 0 Å². The van der Waals surface area contributed by atoms with Gasteiger partial charge in [-0.25, -0.2) is 4.39 Å². The van der Waals surface area contributed by atoms with Crippen LogP contribution in [0.2, 0.25) is 0 Å². The van der Waals surface area contributed by atoms with Gasteiger partial charge in [-0.2, -0.15) is 0 Å². The van der Waals surface area contributed by atoms with Crippen molar-refractivity contribution in [3.05, 3.63) is 29.6 Å². The van der Waals surface area contributed by atoms with Gasteiger partial charge in [0.1, 0.15) is 0 Å². The molecule has 2 N–H and O–H groups in total. The second kappa shape index (κ2) is 7.45. The topological polar surface area (TPSA) is 55.6 Å². The number of hydrogen-bond acceptors (Lipinski definition) is 3. The Labute approximate surface area is 124 Å². The van der Waals surface area contributed by atoms with E-state index in [0.717, 1.165) is 12.8 Å². The molecule has 20 heavy (non-hydrogen) atoms. The number of nitrogens with zero attached hydrogens (tertiary/aromatic N) is 1. The summed E-state index contributed by atoms with van der Waals surface area (Å²) in [5.74, 6) is -0.679. The molecule has 112 valence electrons. The van der Waals surface area contributed by atoms with Crippen molar-refractivity contribution in [3.8, 4) is 5.75 Å². The van der Waals surface area contributed by atoms with E-state index in [1.807, 2.05) is 0 Å². The molecular weight excluding hydrogens is 283 g/mol. The fourth-order valence-corrected chi connectivity index (χ4v) is 2.33. The van der Waals surface area contributed by atoms with Crippen LogP contribution < -0.4 is 10.5 Å². The fraction of sp³-hybridized carbons (Fsp3) is 0.500. The quantitative estimate of drug-likeness (QED) is 0.931. The highest BCUT2D eigenvalue weighted by Gasteiger charge is 2.25. The van der Waals surface area contributed by atoms with Crippen LogP contribution in [0.25, 0.3) is 0 Å². The number of ether oxygens (including phenoxy) is 1. The van der Waals surface area contributed by atoms with Crippen molar-refractivity contribution in [1.82, 2.24) is 4.90 Å². The van der Waals surface area contributed by atoms with Crippen molar-refractivity contribution >= 4 is 18.3 Å². The Balaban J connectivity index is 0.00000200. The maximum atomic E-state index is 13.7. The molecule has 0 radical (unpaired) electrons. The second-order valence-corrected chi connectivity index (χ2v) is 4.70. The summed E-state index contributed by atoms with van der Waals surface area (Å²) in [6.45, 7) is 3.26. The first-order valence-electron chi connectivity index (χ1n) is 6.59. The first kappa shape index (κ1) is 16.7. The van der Waals surface area contributed by atoms with Gasteiger partial charge in [0.05, 0.1) is 12.2 Å². The van der Waals surface area contributed by atoms with E-state index >= 15 is 0 Å². The van der Waals surface area contributed by atoms with E-state index in [4.69, 9.17) is 10.5 Å². The van der Waals surface area contributed by atoms with Crippen LogP contribution >= 0.6 is 12.4 Å². The summed E-state index contributed by atoms with van der Waals surface area (Å²) in [4.78, 5) is 14.1. The number of piperidine rings is 1. The Bertz CT molecular complexity index is 470. The second-order valence-electron chi connectivity index (χ2n) is 4.70. The summed E-state index contributed by atoms with van der Waals surface area (Å²) in [6, 6.07) is 4.41. The molecule has 1 unspecified atom stereocenters. The molecule has 0 spiro atoms. The summed E-state index contributed by atoms with van der Waals surface area (Å²) in [7, 11) is 0. The highest BCUT2D eigenvalue weighted by Crippen LogP contribution is 2.25. The minimum Gasteiger partial charge on any atom is -0.490 e. The number of para-hydroxylation sites is 1. The molecule has 1 aliphatic rings. The number of carbonyl (C=O) groups excluding carboxylic acids is 1. The molecule has 1 heterocycles. The zero-order chi connectivity index (χ0) is 13.8. The third-order valence-corrected chi connectivity index (χ3v) is 3.23. The van der Waals surface area contributed by atoms with E-state index in [1.165, 1.54) is 12.1 Å². The Morgan fingerprint density at radius 3 is 2.95 bits per heavy atom. The van der Waals surface area contributed by atoms with Crippen molar-refractivity contribution in [3.63, 3.8) is 0 Å². The average molecular weight is 303 g/mol. The third-order valence-electron chi connectivity index (χ3n) is 3.23. The highest BCUT2D eigenvalue weighted by atomic mass is 35.5. The van der Waals surface area contributed by atoms with Gasteiger partial charge in [-0.3, -0.25) is 4.79 Å². The normalized spacial score (nSPS) is 18.4. The standard InChI is InChI=1S/C14H19FN2O2.ClH/c1-2-19-13-11(6-3-7-12(13)15)14(18)17-8-4-5-10(16)9-17;/h3,6-7,10H,2,4-5,8-9,16H2,1H3;1H. The monoisotopic (exact) mass is 302 g/mol. The van der Waals surface area contributed by atoms with E-state index in [1.54, 1.807) is 17.9 Å². The number of hydrogen-bond donors (Lipinski definition) is 1. The summed E-state index contributed by atoms with van der Waals surface area (Å²) >= 11 is 0. The number of nitrogens with two attached hydrogens (primary N) is 1. The van der Waals surface area contributed by atoms with Crippen LogP contribution in [0.3, 0.4) is 0 Å². The predicted molar refractivity (Wildman–Crippen MR) is 77.9 cm³/mol. The smallest absolute Gasteiger partial charge is 0.257 e. The van der Waals surface area contributed by atoms with Gasteiger partial charge in [0.25, 0.3) is 5.91 Å². The zero-order valence-electron chi connectivity index (χ0n) is 11.5. The van der Waals surface area contributed by atoms with Gasteiger partial charge >= 0.3 is 0 Å². The number of likely N-dealkylation sites (tertiary alicyclic amines) is 1. The van der Waals surface area contributed by atoms with Crippen LogP contribution in [-0.2, 0) is 0 Å². The predicted octanol–water partition coefficient (Wildman–Crippen LogP) is 2.21. The molecule has 0 aromatic heterocycles. The molecule has 1 atom stereocenters. The van der Waals surface area contributed by atoms with E-state index in [-0.39, 0.29) is 35.7 Å². The van der Waals surface area contributed by atoms with Gasteiger partial charge in [0.15, 0.2) is 11.6 Å². The molecule has 1 aliphatic heterocycles. The molecule has 0 saturated carbocycles. The number of rotatable bonds is 3. The molecule has 2 rings (SSSR count). The van der Waals surface area contributed by atoms with Crippen molar-refractivity contribution < 1.29 is 13.9 Å². The summed E-state index contributed by atoms with van der Waals surface area (Å²) < 4.78 is 19.0. The maximum absolute atomic E-state index is 13.7. The van der Waals surface area contributed by atoms with Crippen LogP contribution in [0, 0.1) is 5.82 Å². The molecule has 0 bridgehead atoms. The van der Waals surface area contributed by atoms with Crippen LogP contribution in [0.1, 0.15) is 30.1 Å². The van der Waals surface area contributed by atoms with Crippen molar-refractivity contribution in [2.45, 2.75) is 25.8 Å². The minimum absolute atomic E-state index is 0. The SMILES string of the molecule is CCOc1c(F)cccc1C(=O)N1CCCC(N)C1.Cl. The van der Waals surface area contributed by atoms with E-state index < -0.39 is 5.82 Å². The maximum Gasteiger partial charge on any atom is 0.257 e. The number of halogens is 2. The molecule has 6 heteroatoms. The number of carbonyl (C=O) groups is 1.